The molecule has 0 saturated carbocycles. The van der Waals surface area contributed by atoms with Crippen molar-refractivity contribution >= 4 is 174 Å². The average Bonchev–Trinajstić information content (AvgIpc) is 0.747. The van der Waals surface area contributed by atoms with Gasteiger partial charge in [-0.05, 0) is 0 Å². The van der Waals surface area contributed by atoms with Crippen molar-refractivity contribution in [1.29, 1.82) is 0 Å². The van der Waals surface area contributed by atoms with Crippen molar-refractivity contribution in [3.05, 3.63) is 0 Å². The van der Waals surface area contributed by atoms with E-state index >= 15 is 0 Å². The molecule has 5 rings (SSSR count). The quantitative estimate of drug-likeness (QED) is 0.0199. The van der Waals surface area contributed by atoms with Crippen molar-refractivity contribution in [2.24, 2.45) is 0 Å². The van der Waals surface area contributed by atoms with E-state index in [4.69, 9.17) is 42.6 Å². The SMILES string of the molecule is O=P(O)(O)OC[C@H]1O[C@H](O[C@@H]2[C@H](OS(=O)(=O)O)[C@@H](O[C@@H]3[C@H](OS(=O)(=O)O)[C@@H](O[C@@H]4[C@H](OS(=O)(=O)O)[C@@H](O[C@@H]5[C@@H](OS(=O)(=O)O)O[C@H](COS(=O)(=O)O)[C@@H](OS(=O)(=O)O)[C@@H]5OS(=O)(=O)O)O[C@H](COS(=O)(=O)O)[C@H]4OS(=O)(=O)O)O[C@H](COS(=O)(=O)O)[C@H]3OS(=O)(=O)O)O[C@H](COS(=O)(=O)O)[C@H]2OS(=O)(=O)O)[C@@H](OS(=O)(=O)O)[C@@H](OS(=O)(=O)O)[C@@H]1OS(=O)(=O)O. The van der Waals surface area contributed by atoms with Crippen LogP contribution in [0.1, 0.15) is 0 Å². The van der Waals surface area contributed by atoms with E-state index in [9.17, 15) is 222 Å². The first-order valence-corrected chi connectivity index (χ1v) is 52.3. The summed E-state index contributed by atoms with van der Waals surface area (Å²) in [4.78, 5) is 19.1. The molecule has 5 heterocycles. The maximum absolute atomic E-state index is 13.3. The largest absolute Gasteiger partial charge is 0.469 e. The Labute approximate surface area is 692 Å². The molecule has 5 aliphatic rings. The van der Waals surface area contributed by atoms with Gasteiger partial charge in [0.15, 0.2) is 49.6 Å². The Morgan fingerprint density at radius 1 is 0.185 bits per heavy atom. The fraction of sp³-hybridized carbons (Fsp3) is 1.00. The van der Waals surface area contributed by atoms with Gasteiger partial charge in [-0.2, -0.15) is 135 Å². The molecule has 5 fully saturated rings. The number of ether oxygens (including phenoxy) is 9. The Balaban J connectivity index is 2.06. The van der Waals surface area contributed by atoms with Gasteiger partial charge in [-0.25, -0.2) is 71.5 Å². The van der Waals surface area contributed by atoms with E-state index in [0.717, 1.165) is 0 Å². The lowest BCUT2D eigenvalue weighted by atomic mass is 9.95. The summed E-state index contributed by atoms with van der Waals surface area (Å²) in [5.74, 6) is 0. The van der Waals surface area contributed by atoms with Gasteiger partial charge in [0, 0.05) is 0 Å². The van der Waals surface area contributed by atoms with Crippen LogP contribution in [0.3, 0.4) is 0 Å². The highest BCUT2D eigenvalue weighted by Gasteiger charge is 2.65. The normalized spacial score (nSPS) is 32.8. The highest BCUT2D eigenvalue weighted by molar-refractivity contribution is 7.84. The first-order valence-electron chi connectivity index (χ1n) is 28.9. The molecule has 736 valence electrons. The molecule has 0 aliphatic carbocycles. The van der Waals surface area contributed by atoms with Crippen LogP contribution in [0.15, 0.2) is 0 Å². The van der Waals surface area contributed by atoms with Crippen LogP contribution in [0, 0.1) is 0 Å². The smallest absolute Gasteiger partial charge is 0.341 e. The maximum Gasteiger partial charge on any atom is 0.469 e. The van der Waals surface area contributed by atoms with Crippen LogP contribution < -0.4 is 0 Å². The van der Waals surface area contributed by atoms with Crippen LogP contribution >= 0.6 is 7.82 Å². The molecule has 0 aromatic heterocycles. The van der Waals surface area contributed by atoms with Crippen molar-refractivity contribution in [2.45, 2.75) is 154 Å². The van der Waals surface area contributed by atoms with E-state index in [2.05, 4.69) is 71.5 Å². The van der Waals surface area contributed by atoms with Gasteiger partial charge < -0.3 is 52.4 Å². The number of hydrogen-bond acceptors (Lipinski definition) is 59. The van der Waals surface area contributed by atoms with Gasteiger partial charge in [-0.3, -0.25) is 77.4 Å². The zero-order valence-electron chi connectivity index (χ0n) is 57.1. The van der Waals surface area contributed by atoms with Crippen molar-refractivity contribution in [3.8, 4) is 0 Å². The average molecular weight is 2190 g/mol. The second-order valence-corrected chi connectivity index (χ2v) is 40.8. The molecule has 77 nitrogen and oxygen atoms in total. The van der Waals surface area contributed by atoms with Gasteiger partial charge in [0.2, 0.25) is 6.29 Å². The second kappa shape index (κ2) is 40.9. The monoisotopic (exact) mass is 2190 g/mol. The summed E-state index contributed by atoms with van der Waals surface area (Å²) < 4.78 is 692. The lowest BCUT2D eigenvalue weighted by Gasteiger charge is -2.51. The topological polar surface area (TPSA) is 1170 Å². The molecule has 0 spiro atoms. The fourth-order valence-corrected chi connectivity index (χ4v) is 17.9. The Hall–Kier alpha value is -2.33. The molecule has 25 atom stereocenters. The lowest BCUT2D eigenvalue weighted by molar-refractivity contribution is -0.386. The van der Waals surface area contributed by atoms with Gasteiger partial charge in [-0.15, -0.1) is 0 Å². The zero-order valence-corrected chi connectivity index (χ0v) is 71.0. The molecule has 5 aliphatic heterocycles. The Bertz CT molecular complexity index is 5780. The molecule has 5 saturated heterocycles. The summed E-state index contributed by atoms with van der Waals surface area (Å²) in [7, 11) is -114. The minimum Gasteiger partial charge on any atom is -0.341 e. The van der Waals surface area contributed by atoms with E-state index in [1.807, 2.05) is 0 Å². The van der Waals surface area contributed by atoms with Gasteiger partial charge in [0.25, 0.3) is 0 Å². The molecule has 0 aromatic carbocycles. The van der Waals surface area contributed by atoms with Gasteiger partial charge in [0.05, 0.1) is 33.0 Å². The third-order valence-corrected chi connectivity index (χ3v) is 21.6. The van der Waals surface area contributed by atoms with Crippen molar-refractivity contribution in [2.75, 3.05) is 33.0 Å². The highest BCUT2D eigenvalue weighted by atomic mass is 32.3. The summed E-state index contributed by atoms with van der Waals surface area (Å²) in [5.41, 5.74) is 0. The van der Waals surface area contributed by atoms with E-state index < -0.39 is 361 Å². The van der Waals surface area contributed by atoms with Crippen LogP contribution in [0.5, 0.6) is 0 Å². The van der Waals surface area contributed by atoms with Crippen molar-refractivity contribution in [1.82, 2.24) is 0 Å². The zero-order chi connectivity index (χ0) is 95.9. The number of hydrogen-bond donors (Lipinski definition) is 18. The molecule has 0 unspecified atom stereocenters. The molecular weight excluding hydrogens is 2140 g/mol. The molecule has 124 heavy (non-hydrogen) atoms. The molecule has 0 aromatic rings. The minimum absolute atomic E-state index is 2.25. The predicted octanol–water partition coefficient (Wildman–Crippen LogP) is -14.6. The lowest BCUT2D eigenvalue weighted by Crippen LogP contribution is -2.70. The van der Waals surface area contributed by atoms with E-state index in [0.29, 0.717) is 0 Å². The van der Waals surface area contributed by atoms with Gasteiger partial charge in [-0.1, -0.05) is 0 Å². The fourth-order valence-electron chi connectivity index (χ4n) is 10.5. The highest BCUT2D eigenvalue weighted by Crippen LogP contribution is 2.45. The molecular formula is C30H53O77PS16. The number of phosphoric ester groups is 1. The van der Waals surface area contributed by atoms with Gasteiger partial charge >= 0.3 is 174 Å². The Morgan fingerprint density at radius 3 is 0.532 bits per heavy atom. The Kier molecular flexibility index (Phi) is 37.0. The van der Waals surface area contributed by atoms with Crippen molar-refractivity contribution < 1.29 is 336 Å². The Morgan fingerprint density at radius 2 is 0.339 bits per heavy atom. The van der Waals surface area contributed by atoms with E-state index in [1.165, 1.54) is 0 Å². The number of phosphoric acid groups is 1. The second-order valence-electron chi connectivity index (χ2n) is 22.7. The minimum atomic E-state index is -7.17. The summed E-state index contributed by atoms with van der Waals surface area (Å²) in [6, 6.07) is 0. The molecule has 18 N–H and O–H groups in total. The maximum atomic E-state index is 13.3. The van der Waals surface area contributed by atoms with E-state index in [-0.39, 0.29) is 0 Å². The summed E-state index contributed by atoms with van der Waals surface area (Å²) in [6.45, 7) is -12.3. The van der Waals surface area contributed by atoms with Crippen molar-refractivity contribution in [3.63, 3.8) is 0 Å². The molecule has 94 heteroatoms. The predicted molar refractivity (Wildman–Crippen MR) is 344 cm³/mol. The molecule has 0 bridgehead atoms. The number of rotatable bonds is 47. The molecule has 0 amide bonds. The standard InChI is InChI=1S/C30H53O77PS16/c31-108(32,33)82-1-6-14(99-116(55,56)57)20(102-119(64,65)66)25(106-123(76,77)78)29(87-6)94-17-12(97-114(49,50)51)8(3-84-110(37,38)39)89-27(23(17)104-121(70,71)72)92-16-11(96-113(46,47)48)7(2-83-109(34,35)36)88-26(22(16)103-120(67,68)69)93-18-13(98-115(52,53)54)9(4-85-111(40,41)42)90-28(24(18)105-122(73,74)75)95-21-19(101-118(61,62)63)15(100-117(58,59)60)10(5-86-112(43,44)45)91-30(21)107-124(79,80)81/h6-30H,1-5H2,(H2,31,32,33)(H,34,35,36)(H,37,38,39)(H,40,41,42)(H,43,44,45)(H,46,47,48)(H,49,50,51)(H,52,53,54)(H,55,56,57)(H,58,59,60)(H,61,62,63)(H,64,65,66)(H,67,68,69)(H,70,71,72)(H,73,74,75)(H,76,77,78)(H,79,80,81)/t6-,7-,8-,9-,10-,11-,12-,13-,14-,15-,16+,17+,18+,19+,20+,21+,22+,23+,24+,25+,26-,27-,28-,29-,30-/m1/s1. The summed E-state index contributed by atoms with van der Waals surface area (Å²) in [6.07, 6.45) is -99.0. The molecule has 0 radical (unpaired) electrons. The first kappa shape index (κ1) is 112. The van der Waals surface area contributed by atoms with Crippen LogP contribution in [-0.4, -0.2) is 404 Å². The summed E-state index contributed by atoms with van der Waals surface area (Å²) >= 11 is 0. The van der Waals surface area contributed by atoms with Crippen LogP contribution in [0.25, 0.3) is 0 Å². The van der Waals surface area contributed by atoms with Gasteiger partial charge in [0.1, 0.15) is 97.7 Å². The van der Waals surface area contributed by atoms with Crippen LogP contribution in [0.2, 0.25) is 0 Å². The third-order valence-electron chi connectivity index (χ3n) is 13.8. The van der Waals surface area contributed by atoms with E-state index in [1.54, 1.807) is 0 Å². The van der Waals surface area contributed by atoms with Crippen LogP contribution in [-0.2, 0) is 285 Å². The summed E-state index contributed by atoms with van der Waals surface area (Å²) in [5, 5.41) is 0. The third kappa shape index (κ3) is 40.6. The first-order chi connectivity index (χ1) is 55.0. The van der Waals surface area contributed by atoms with Crippen LogP contribution in [0.4, 0.5) is 0 Å².